The van der Waals surface area contributed by atoms with Crippen molar-refractivity contribution in [3.05, 3.63) is 99.5 Å². The maximum atomic E-state index is 13.8. The van der Waals surface area contributed by atoms with Gasteiger partial charge in [-0.15, -0.1) is 11.3 Å². The minimum atomic E-state index is -1.15. The summed E-state index contributed by atoms with van der Waals surface area (Å²) in [5.41, 5.74) is 3.44. The van der Waals surface area contributed by atoms with Crippen LogP contribution in [0.2, 0.25) is 0 Å². The summed E-state index contributed by atoms with van der Waals surface area (Å²) >= 11 is 1.43. The summed E-state index contributed by atoms with van der Waals surface area (Å²) in [6, 6.07) is 20.5. The highest BCUT2D eigenvalue weighted by Crippen LogP contribution is 2.32. The first kappa shape index (κ1) is 20.0. The van der Waals surface area contributed by atoms with Crippen molar-refractivity contribution in [2.24, 2.45) is 0 Å². The SMILES string of the molecule is Cc1cccc(-c2nc3scc(-c4ccccc4)c3c(=O)n2Cc2ccc(C(=O)O)o2)c1. The number of aromatic carboxylic acids is 1. The molecule has 0 spiro atoms. The smallest absolute Gasteiger partial charge is 0.371 e. The van der Waals surface area contributed by atoms with E-state index in [1.54, 1.807) is 10.6 Å². The molecule has 0 fully saturated rings. The van der Waals surface area contributed by atoms with Crippen molar-refractivity contribution < 1.29 is 14.3 Å². The molecule has 158 valence electrons. The van der Waals surface area contributed by atoms with E-state index in [1.165, 1.54) is 17.4 Å². The van der Waals surface area contributed by atoms with E-state index in [9.17, 15) is 14.7 Å². The fourth-order valence-electron chi connectivity index (χ4n) is 3.74. The van der Waals surface area contributed by atoms with Crippen LogP contribution in [0.15, 0.2) is 81.3 Å². The number of rotatable bonds is 5. The number of aryl methyl sites for hydroxylation is 1. The summed E-state index contributed by atoms with van der Waals surface area (Å²) in [6.07, 6.45) is 0. The number of carboxylic acids is 1. The Kier molecular flexibility index (Phi) is 4.95. The summed E-state index contributed by atoms with van der Waals surface area (Å²) in [4.78, 5) is 30.5. The molecule has 0 aliphatic carbocycles. The molecule has 1 N–H and O–H groups in total. The van der Waals surface area contributed by atoms with E-state index in [4.69, 9.17) is 9.40 Å². The molecule has 6 nitrogen and oxygen atoms in total. The Balaban J connectivity index is 1.75. The Morgan fingerprint density at radius 2 is 1.84 bits per heavy atom. The predicted molar refractivity (Wildman–Crippen MR) is 124 cm³/mol. The lowest BCUT2D eigenvalue weighted by Gasteiger charge is -2.13. The number of aromatic nitrogens is 2. The first-order valence-corrected chi connectivity index (χ1v) is 10.9. The van der Waals surface area contributed by atoms with Crippen molar-refractivity contribution in [2.75, 3.05) is 0 Å². The van der Waals surface area contributed by atoms with Crippen LogP contribution in [-0.4, -0.2) is 20.6 Å². The molecule has 0 aliphatic rings. The lowest BCUT2D eigenvalue weighted by atomic mass is 10.1. The van der Waals surface area contributed by atoms with Gasteiger partial charge < -0.3 is 9.52 Å². The summed E-state index contributed by atoms with van der Waals surface area (Å²) in [5, 5.41) is 11.7. The molecule has 0 saturated carbocycles. The number of nitrogens with zero attached hydrogens (tertiary/aromatic N) is 2. The molecular formula is C25H18N2O4S. The van der Waals surface area contributed by atoms with Crippen molar-refractivity contribution in [1.82, 2.24) is 9.55 Å². The first-order valence-electron chi connectivity index (χ1n) is 9.98. The minimum absolute atomic E-state index is 0.0718. The maximum absolute atomic E-state index is 13.8. The van der Waals surface area contributed by atoms with Crippen molar-refractivity contribution in [3.8, 4) is 22.5 Å². The van der Waals surface area contributed by atoms with Crippen LogP contribution in [0, 0.1) is 6.92 Å². The van der Waals surface area contributed by atoms with E-state index in [0.29, 0.717) is 21.8 Å². The monoisotopic (exact) mass is 442 g/mol. The standard InChI is InChI=1S/C25H18N2O4S/c1-15-6-5-9-17(12-15)22-26-23-21(19(14-32-23)16-7-3-2-4-8-16)24(28)27(22)13-18-10-11-20(31-18)25(29)30/h2-12,14H,13H2,1H3,(H,29,30). The molecule has 0 saturated heterocycles. The third-order valence-electron chi connectivity index (χ3n) is 5.24. The Bertz CT molecular complexity index is 1510. The number of carboxylic acid groups (broad SMARTS) is 1. The van der Waals surface area contributed by atoms with Crippen molar-refractivity contribution >= 4 is 27.5 Å². The molecule has 5 rings (SSSR count). The molecule has 0 unspecified atom stereocenters. The van der Waals surface area contributed by atoms with Crippen LogP contribution in [0.1, 0.15) is 21.9 Å². The summed E-state index contributed by atoms with van der Waals surface area (Å²) < 4.78 is 7.00. The van der Waals surface area contributed by atoms with Crippen molar-refractivity contribution in [1.29, 1.82) is 0 Å². The number of carbonyl (C=O) groups is 1. The second-order valence-electron chi connectivity index (χ2n) is 7.46. The summed E-state index contributed by atoms with van der Waals surface area (Å²) in [5.74, 6) is -0.433. The third kappa shape index (κ3) is 3.52. The van der Waals surface area contributed by atoms with Crippen LogP contribution in [0.5, 0.6) is 0 Å². The van der Waals surface area contributed by atoms with Gasteiger partial charge in [0.2, 0.25) is 5.76 Å². The summed E-state index contributed by atoms with van der Waals surface area (Å²) in [7, 11) is 0. The molecule has 0 aliphatic heterocycles. The lowest BCUT2D eigenvalue weighted by Crippen LogP contribution is -2.23. The fraction of sp³-hybridized carbons (Fsp3) is 0.0800. The zero-order valence-corrected chi connectivity index (χ0v) is 17.9. The Morgan fingerprint density at radius 1 is 1.06 bits per heavy atom. The highest BCUT2D eigenvalue weighted by atomic mass is 32.1. The number of thiophene rings is 1. The van der Waals surface area contributed by atoms with Gasteiger partial charge in [0.15, 0.2) is 0 Å². The molecule has 0 bridgehead atoms. The van der Waals surface area contributed by atoms with Gasteiger partial charge in [0.05, 0.1) is 11.9 Å². The number of benzene rings is 2. The van der Waals surface area contributed by atoms with Gasteiger partial charge in [0.1, 0.15) is 16.4 Å². The van der Waals surface area contributed by atoms with Gasteiger partial charge in [-0.2, -0.15) is 0 Å². The zero-order valence-electron chi connectivity index (χ0n) is 17.1. The van der Waals surface area contributed by atoms with Gasteiger partial charge in [-0.05, 0) is 30.7 Å². The minimum Gasteiger partial charge on any atom is -0.475 e. The molecule has 0 radical (unpaired) electrons. The summed E-state index contributed by atoms with van der Waals surface area (Å²) in [6.45, 7) is 2.05. The molecule has 7 heteroatoms. The topological polar surface area (TPSA) is 85.3 Å². The molecular weight excluding hydrogens is 424 g/mol. The van der Waals surface area contributed by atoms with Crippen LogP contribution in [0.25, 0.3) is 32.7 Å². The molecule has 0 amide bonds. The maximum Gasteiger partial charge on any atom is 0.371 e. The lowest BCUT2D eigenvalue weighted by molar-refractivity contribution is 0.0660. The molecule has 2 aromatic carbocycles. The average Bonchev–Trinajstić information content (AvgIpc) is 3.44. The second kappa shape index (κ2) is 7.94. The highest BCUT2D eigenvalue weighted by molar-refractivity contribution is 7.17. The van der Waals surface area contributed by atoms with Gasteiger partial charge in [-0.3, -0.25) is 9.36 Å². The molecule has 32 heavy (non-hydrogen) atoms. The van der Waals surface area contributed by atoms with Gasteiger partial charge in [-0.1, -0.05) is 54.1 Å². The van der Waals surface area contributed by atoms with Crippen LogP contribution < -0.4 is 5.56 Å². The van der Waals surface area contributed by atoms with Gasteiger partial charge in [0, 0.05) is 16.5 Å². The molecule has 0 atom stereocenters. The van der Waals surface area contributed by atoms with Crippen LogP contribution in [0.4, 0.5) is 0 Å². The van der Waals surface area contributed by atoms with Gasteiger partial charge in [0.25, 0.3) is 5.56 Å². The number of hydrogen-bond donors (Lipinski definition) is 1. The van der Waals surface area contributed by atoms with Crippen LogP contribution in [-0.2, 0) is 6.54 Å². The van der Waals surface area contributed by atoms with E-state index in [1.807, 2.05) is 66.9 Å². The Morgan fingerprint density at radius 3 is 2.56 bits per heavy atom. The second-order valence-corrected chi connectivity index (χ2v) is 8.32. The van der Waals surface area contributed by atoms with E-state index >= 15 is 0 Å². The fourth-order valence-corrected chi connectivity index (χ4v) is 4.68. The van der Waals surface area contributed by atoms with Gasteiger partial charge >= 0.3 is 5.97 Å². The molecule has 5 aromatic rings. The van der Waals surface area contributed by atoms with Crippen LogP contribution in [0.3, 0.4) is 0 Å². The van der Waals surface area contributed by atoms with Crippen molar-refractivity contribution in [3.63, 3.8) is 0 Å². The third-order valence-corrected chi connectivity index (χ3v) is 6.11. The van der Waals surface area contributed by atoms with Crippen LogP contribution >= 0.6 is 11.3 Å². The molecule has 3 heterocycles. The zero-order chi connectivity index (χ0) is 22.2. The highest BCUT2D eigenvalue weighted by Gasteiger charge is 2.20. The Labute approximate surface area is 187 Å². The van der Waals surface area contributed by atoms with Gasteiger partial charge in [-0.25, -0.2) is 9.78 Å². The number of fused-ring (bicyclic) bond motifs is 1. The number of furan rings is 1. The predicted octanol–water partition coefficient (Wildman–Crippen LogP) is 5.44. The van der Waals surface area contributed by atoms with E-state index < -0.39 is 5.97 Å². The number of hydrogen-bond acceptors (Lipinski definition) is 5. The largest absolute Gasteiger partial charge is 0.475 e. The Hall–Kier alpha value is -3.97. The average molecular weight is 442 g/mol. The van der Waals surface area contributed by atoms with E-state index in [-0.39, 0.29) is 17.9 Å². The normalized spacial score (nSPS) is 11.2. The van der Waals surface area contributed by atoms with E-state index in [2.05, 4.69) is 0 Å². The van der Waals surface area contributed by atoms with E-state index in [0.717, 1.165) is 22.3 Å². The quantitative estimate of drug-likeness (QED) is 0.392. The first-order chi connectivity index (χ1) is 15.5. The molecule has 3 aromatic heterocycles. The van der Waals surface area contributed by atoms with Crippen molar-refractivity contribution in [2.45, 2.75) is 13.5 Å².